The molecular formula is C20H23N3O4S2. The van der Waals surface area contributed by atoms with Gasteiger partial charge in [-0.1, -0.05) is 29.5 Å². The first-order valence-electron chi connectivity index (χ1n) is 8.91. The Balaban J connectivity index is 2.11. The molecule has 2 aromatic carbocycles. The molecule has 1 heterocycles. The first-order valence-corrected chi connectivity index (χ1v) is 11.6. The number of sulfone groups is 1. The lowest BCUT2D eigenvalue weighted by atomic mass is 10.2. The summed E-state index contributed by atoms with van der Waals surface area (Å²) < 4.78 is 30.7. The predicted molar refractivity (Wildman–Crippen MR) is 116 cm³/mol. The molecule has 9 heteroatoms. The van der Waals surface area contributed by atoms with E-state index in [2.05, 4.69) is 4.98 Å². The van der Waals surface area contributed by atoms with Gasteiger partial charge in [0.05, 0.1) is 22.3 Å². The van der Waals surface area contributed by atoms with Gasteiger partial charge in [0.25, 0.3) is 5.91 Å². The van der Waals surface area contributed by atoms with E-state index in [1.54, 1.807) is 19.2 Å². The van der Waals surface area contributed by atoms with E-state index in [1.807, 2.05) is 37.2 Å². The molecule has 0 saturated carbocycles. The molecule has 0 fully saturated rings. The largest absolute Gasteiger partial charge is 0.494 e. The lowest BCUT2D eigenvalue weighted by Gasteiger charge is -2.22. The Morgan fingerprint density at radius 1 is 1.10 bits per heavy atom. The van der Waals surface area contributed by atoms with Gasteiger partial charge in [0.2, 0.25) is 0 Å². The zero-order chi connectivity index (χ0) is 21.2. The number of likely N-dealkylation sites (N-methyl/N-ethyl adjacent to an activating group) is 1. The van der Waals surface area contributed by atoms with E-state index in [1.165, 1.54) is 28.4 Å². The topological polar surface area (TPSA) is 79.8 Å². The van der Waals surface area contributed by atoms with Crippen molar-refractivity contribution in [2.75, 3.05) is 45.5 Å². The fraction of sp³-hybridized carbons (Fsp3) is 0.300. The fourth-order valence-electron chi connectivity index (χ4n) is 2.89. The first-order chi connectivity index (χ1) is 13.7. The van der Waals surface area contributed by atoms with E-state index in [9.17, 15) is 13.2 Å². The van der Waals surface area contributed by atoms with Crippen molar-refractivity contribution < 1.29 is 17.9 Å². The lowest BCUT2D eigenvalue weighted by molar-refractivity contribution is 0.0982. The third kappa shape index (κ3) is 4.58. The van der Waals surface area contributed by atoms with Crippen LogP contribution >= 0.6 is 11.3 Å². The molecule has 3 aromatic rings. The molecular weight excluding hydrogens is 410 g/mol. The van der Waals surface area contributed by atoms with E-state index >= 15 is 0 Å². The third-order valence-corrected chi connectivity index (χ3v) is 6.55. The second-order valence-electron chi connectivity index (χ2n) is 6.83. The van der Waals surface area contributed by atoms with Gasteiger partial charge < -0.3 is 9.64 Å². The molecule has 0 aliphatic heterocycles. The molecule has 1 amide bonds. The number of hydrogen-bond acceptors (Lipinski definition) is 7. The summed E-state index contributed by atoms with van der Waals surface area (Å²) in [5, 5.41) is 0.500. The average Bonchev–Trinajstić information content (AvgIpc) is 3.11. The summed E-state index contributed by atoms with van der Waals surface area (Å²) in [5.74, 6) is 0.229. The smallest absolute Gasteiger partial charge is 0.261 e. The molecule has 0 spiro atoms. The highest BCUT2D eigenvalue weighted by molar-refractivity contribution is 7.90. The van der Waals surface area contributed by atoms with Gasteiger partial charge in [-0.15, -0.1) is 0 Å². The van der Waals surface area contributed by atoms with E-state index in [-0.39, 0.29) is 10.5 Å². The summed E-state index contributed by atoms with van der Waals surface area (Å²) >= 11 is 1.37. The van der Waals surface area contributed by atoms with E-state index in [0.29, 0.717) is 29.5 Å². The third-order valence-electron chi connectivity index (χ3n) is 4.35. The summed E-state index contributed by atoms with van der Waals surface area (Å²) in [5.41, 5.74) is 0.814. The van der Waals surface area contributed by atoms with Gasteiger partial charge in [0.1, 0.15) is 11.3 Å². The molecule has 0 aliphatic carbocycles. The quantitative estimate of drug-likeness (QED) is 0.570. The number of hydrogen-bond donors (Lipinski definition) is 0. The number of carbonyl (C=O) groups excluding carboxylic acids is 1. The van der Waals surface area contributed by atoms with Crippen LogP contribution in [0.25, 0.3) is 10.2 Å². The highest BCUT2D eigenvalue weighted by atomic mass is 32.2. The molecule has 0 bridgehead atoms. The number of benzene rings is 2. The molecule has 0 N–H and O–H groups in total. The van der Waals surface area contributed by atoms with Crippen molar-refractivity contribution >= 4 is 42.4 Å². The van der Waals surface area contributed by atoms with Crippen molar-refractivity contribution in [3.05, 3.63) is 48.0 Å². The Hall–Kier alpha value is -2.49. The van der Waals surface area contributed by atoms with Crippen LogP contribution in [0.4, 0.5) is 5.13 Å². The van der Waals surface area contributed by atoms with Crippen LogP contribution in [0.1, 0.15) is 10.4 Å². The summed E-state index contributed by atoms with van der Waals surface area (Å²) in [6.45, 7) is 0.964. The number of rotatable bonds is 7. The van der Waals surface area contributed by atoms with Crippen LogP contribution in [-0.4, -0.2) is 64.8 Å². The van der Waals surface area contributed by atoms with Gasteiger partial charge in [-0.05, 0) is 38.4 Å². The highest BCUT2D eigenvalue weighted by Crippen LogP contribution is 2.35. The van der Waals surface area contributed by atoms with Crippen LogP contribution in [0.5, 0.6) is 5.75 Å². The minimum absolute atomic E-state index is 0.0125. The van der Waals surface area contributed by atoms with Crippen molar-refractivity contribution in [1.29, 1.82) is 0 Å². The lowest BCUT2D eigenvalue weighted by Crippen LogP contribution is -2.37. The molecule has 0 aliphatic rings. The van der Waals surface area contributed by atoms with Crippen molar-refractivity contribution in [3.63, 3.8) is 0 Å². The summed E-state index contributed by atoms with van der Waals surface area (Å²) in [6.07, 6.45) is 1.10. The normalized spacial score (nSPS) is 11.8. The van der Waals surface area contributed by atoms with Crippen LogP contribution in [0.15, 0.2) is 47.4 Å². The maximum Gasteiger partial charge on any atom is 0.261 e. The van der Waals surface area contributed by atoms with Crippen molar-refractivity contribution in [3.8, 4) is 5.75 Å². The van der Waals surface area contributed by atoms with Gasteiger partial charge in [-0.25, -0.2) is 13.4 Å². The van der Waals surface area contributed by atoms with E-state index < -0.39 is 15.7 Å². The number of methoxy groups -OCH3 is 1. The van der Waals surface area contributed by atoms with Gasteiger partial charge in [0.15, 0.2) is 15.0 Å². The van der Waals surface area contributed by atoms with Crippen molar-refractivity contribution in [2.45, 2.75) is 4.90 Å². The molecule has 0 atom stereocenters. The highest BCUT2D eigenvalue weighted by Gasteiger charge is 2.26. The number of fused-ring (bicyclic) bond motifs is 1. The second-order valence-corrected chi connectivity index (χ2v) is 9.83. The minimum Gasteiger partial charge on any atom is -0.494 e. The zero-order valence-corrected chi connectivity index (χ0v) is 18.4. The van der Waals surface area contributed by atoms with Crippen LogP contribution in [-0.2, 0) is 9.84 Å². The SMILES string of the molecule is COc1cccc2sc(N(CCN(C)C)C(=O)c3ccccc3S(C)(=O)=O)nc12. The Bertz CT molecular complexity index is 1140. The van der Waals surface area contributed by atoms with Crippen LogP contribution in [0, 0.1) is 0 Å². The molecule has 3 rings (SSSR count). The van der Waals surface area contributed by atoms with Gasteiger partial charge in [-0.3, -0.25) is 9.69 Å². The maximum absolute atomic E-state index is 13.4. The molecule has 154 valence electrons. The summed E-state index contributed by atoms with van der Waals surface area (Å²) in [6, 6.07) is 11.9. The Kier molecular flexibility index (Phi) is 6.21. The van der Waals surface area contributed by atoms with Crippen molar-refractivity contribution in [1.82, 2.24) is 9.88 Å². The van der Waals surface area contributed by atoms with Crippen LogP contribution < -0.4 is 9.64 Å². The van der Waals surface area contributed by atoms with Gasteiger partial charge in [0, 0.05) is 19.3 Å². The predicted octanol–water partition coefficient (Wildman–Crippen LogP) is 2.92. The van der Waals surface area contributed by atoms with E-state index in [4.69, 9.17) is 4.74 Å². The number of carbonyl (C=O) groups is 1. The fourth-order valence-corrected chi connectivity index (χ4v) is 4.78. The zero-order valence-electron chi connectivity index (χ0n) is 16.7. The second kappa shape index (κ2) is 8.48. The standard InChI is InChI=1S/C20H23N3O4S2/c1-22(2)12-13-23(19(24)14-8-5-6-11-17(14)29(4,25)26)20-21-18-15(27-3)9-7-10-16(18)28-20/h5-11H,12-13H2,1-4H3. The average molecular weight is 434 g/mol. The molecule has 0 saturated heterocycles. The number of ether oxygens (including phenoxy) is 1. The Labute approximate surface area is 174 Å². The monoisotopic (exact) mass is 433 g/mol. The maximum atomic E-state index is 13.4. The number of anilines is 1. The minimum atomic E-state index is -3.56. The van der Waals surface area contributed by atoms with Crippen LogP contribution in [0.2, 0.25) is 0 Å². The first kappa shape index (κ1) is 21.2. The van der Waals surface area contributed by atoms with Gasteiger partial charge in [-0.2, -0.15) is 0 Å². The van der Waals surface area contributed by atoms with E-state index in [0.717, 1.165) is 11.0 Å². The number of thiazole rings is 1. The van der Waals surface area contributed by atoms with Crippen LogP contribution in [0.3, 0.4) is 0 Å². The number of amides is 1. The Morgan fingerprint density at radius 2 is 1.83 bits per heavy atom. The molecule has 7 nitrogen and oxygen atoms in total. The number of nitrogens with zero attached hydrogens (tertiary/aromatic N) is 3. The molecule has 29 heavy (non-hydrogen) atoms. The molecule has 0 unspecified atom stereocenters. The number of aromatic nitrogens is 1. The summed E-state index contributed by atoms with van der Waals surface area (Å²) in [4.78, 5) is 21.6. The molecule has 1 aromatic heterocycles. The van der Waals surface area contributed by atoms with Crippen molar-refractivity contribution in [2.24, 2.45) is 0 Å². The Morgan fingerprint density at radius 3 is 2.48 bits per heavy atom. The summed E-state index contributed by atoms with van der Waals surface area (Å²) in [7, 11) is 1.84. The molecule has 0 radical (unpaired) electrons. The van der Waals surface area contributed by atoms with Gasteiger partial charge >= 0.3 is 0 Å². The number of para-hydroxylation sites is 1.